The maximum atomic E-state index is 10.9. The molecule has 0 spiro atoms. The van der Waals surface area contributed by atoms with Crippen molar-refractivity contribution in [2.75, 3.05) is 0 Å². The van der Waals surface area contributed by atoms with Crippen LogP contribution in [-0.4, -0.2) is 11.0 Å². The Balaban J connectivity index is 3.29. The minimum atomic E-state index is -0.496. The van der Waals surface area contributed by atoms with Gasteiger partial charge in [-0.1, -0.05) is 12.1 Å². The summed E-state index contributed by atoms with van der Waals surface area (Å²) >= 11 is 2.01. The molecule has 0 saturated carbocycles. The number of aliphatic hydroxyl groups is 1. The molecule has 12 heavy (non-hydrogen) atoms. The first-order valence-electron chi connectivity index (χ1n) is 3.35. The van der Waals surface area contributed by atoms with Crippen LogP contribution in [0.2, 0.25) is 0 Å². The minimum absolute atomic E-state index is 0.158. The van der Waals surface area contributed by atoms with Gasteiger partial charge in [0.05, 0.1) is 12.2 Å². The SMILES string of the molecule is NC(=O)c1c(I)cccc1CO. The molecule has 3 N–H and O–H groups in total. The molecule has 1 aromatic rings. The molecule has 3 nitrogen and oxygen atoms in total. The summed E-state index contributed by atoms with van der Waals surface area (Å²) in [6.45, 7) is -0.158. The van der Waals surface area contributed by atoms with Crippen molar-refractivity contribution in [3.8, 4) is 0 Å². The molecular formula is C8H8INO2. The zero-order chi connectivity index (χ0) is 9.14. The number of carbonyl (C=O) groups excluding carboxylic acids is 1. The number of nitrogens with two attached hydrogens (primary N) is 1. The highest BCUT2D eigenvalue weighted by molar-refractivity contribution is 14.1. The van der Waals surface area contributed by atoms with Crippen LogP contribution in [0.4, 0.5) is 0 Å². The van der Waals surface area contributed by atoms with E-state index in [9.17, 15) is 4.79 Å². The lowest BCUT2D eigenvalue weighted by atomic mass is 10.1. The van der Waals surface area contributed by atoms with Gasteiger partial charge in [-0.2, -0.15) is 0 Å². The van der Waals surface area contributed by atoms with Gasteiger partial charge in [0.2, 0.25) is 5.91 Å². The van der Waals surface area contributed by atoms with Crippen LogP contribution in [0.15, 0.2) is 18.2 Å². The zero-order valence-electron chi connectivity index (χ0n) is 6.25. The van der Waals surface area contributed by atoms with E-state index >= 15 is 0 Å². The van der Waals surface area contributed by atoms with E-state index in [1.54, 1.807) is 18.2 Å². The highest BCUT2D eigenvalue weighted by atomic mass is 127. The molecule has 1 rings (SSSR count). The number of rotatable bonds is 2. The van der Waals surface area contributed by atoms with Gasteiger partial charge < -0.3 is 10.8 Å². The van der Waals surface area contributed by atoms with E-state index in [2.05, 4.69) is 0 Å². The summed E-state index contributed by atoms with van der Waals surface area (Å²) in [5, 5.41) is 8.88. The molecule has 0 aliphatic rings. The van der Waals surface area contributed by atoms with Crippen molar-refractivity contribution in [2.24, 2.45) is 5.73 Å². The monoisotopic (exact) mass is 277 g/mol. The number of halogens is 1. The van der Waals surface area contributed by atoms with Gasteiger partial charge in [-0.3, -0.25) is 4.79 Å². The molecule has 0 aromatic heterocycles. The second-order valence-corrected chi connectivity index (χ2v) is 3.46. The average Bonchev–Trinajstić information content (AvgIpc) is 2.03. The summed E-state index contributed by atoms with van der Waals surface area (Å²) < 4.78 is 0.770. The van der Waals surface area contributed by atoms with E-state index in [0.29, 0.717) is 11.1 Å². The van der Waals surface area contributed by atoms with E-state index in [0.717, 1.165) is 3.57 Å². The minimum Gasteiger partial charge on any atom is -0.392 e. The lowest BCUT2D eigenvalue weighted by Gasteiger charge is -2.04. The first-order valence-corrected chi connectivity index (χ1v) is 4.42. The average molecular weight is 277 g/mol. The summed E-state index contributed by atoms with van der Waals surface area (Å²) in [5.41, 5.74) is 6.13. The van der Waals surface area contributed by atoms with Crippen molar-refractivity contribution >= 4 is 28.5 Å². The Labute approximate surface area is 83.7 Å². The molecule has 0 atom stereocenters. The number of benzene rings is 1. The molecule has 64 valence electrons. The predicted octanol–water partition coefficient (Wildman–Crippen LogP) is 0.882. The Morgan fingerprint density at radius 2 is 2.25 bits per heavy atom. The van der Waals surface area contributed by atoms with Crippen molar-refractivity contribution in [3.05, 3.63) is 32.9 Å². The maximum Gasteiger partial charge on any atom is 0.250 e. The lowest BCUT2D eigenvalue weighted by molar-refractivity contribution is 0.0996. The molecule has 1 amide bonds. The Morgan fingerprint density at radius 3 is 2.67 bits per heavy atom. The van der Waals surface area contributed by atoms with Gasteiger partial charge in [0.25, 0.3) is 0 Å². The molecule has 0 aliphatic heterocycles. The fourth-order valence-corrected chi connectivity index (χ4v) is 1.80. The van der Waals surface area contributed by atoms with Gasteiger partial charge in [-0.05, 0) is 34.2 Å². The Kier molecular flexibility index (Phi) is 3.05. The lowest BCUT2D eigenvalue weighted by Crippen LogP contribution is -2.15. The molecule has 1 aromatic carbocycles. The van der Waals surface area contributed by atoms with E-state index < -0.39 is 5.91 Å². The van der Waals surface area contributed by atoms with Crippen LogP contribution in [0, 0.1) is 3.57 Å². The molecule has 0 bridgehead atoms. The van der Waals surface area contributed by atoms with Crippen LogP contribution in [-0.2, 0) is 6.61 Å². The molecule has 0 heterocycles. The molecular weight excluding hydrogens is 269 g/mol. The second-order valence-electron chi connectivity index (χ2n) is 2.30. The molecule has 0 radical (unpaired) electrons. The van der Waals surface area contributed by atoms with Gasteiger partial charge in [0.1, 0.15) is 0 Å². The van der Waals surface area contributed by atoms with Gasteiger partial charge in [-0.25, -0.2) is 0 Å². The third-order valence-electron chi connectivity index (χ3n) is 1.52. The van der Waals surface area contributed by atoms with Crippen molar-refractivity contribution in [3.63, 3.8) is 0 Å². The Morgan fingerprint density at radius 1 is 1.58 bits per heavy atom. The van der Waals surface area contributed by atoms with Crippen molar-refractivity contribution in [2.45, 2.75) is 6.61 Å². The third-order valence-corrected chi connectivity index (χ3v) is 2.42. The number of aliphatic hydroxyl groups excluding tert-OH is 1. The quantitative estimate of drug-likeness (QED) is 0.788. The van der Waals surface area contributed by atoms with Crippen LogP contribution >= 0.6 is 22.6 Å². The van der Waals surface area contributed by atoms with E-state index in [4.69, 9.17) is 10.8 Å². The fourth-order valence-electron chi connectivity index (χ4n) is 0.976. The topological polar surface area (TPSA) is 63.3 Å². The predicted molar refractivity (Wildman–Crippen MR) is 53.6 cm³/mol. The van der Waals surface area contributed by atoms with E-state index in [-0.39, 0.29) is 6.61 Å². The van der Waals surface area contributed by atoms with Crippen LogP contribution in [0.3, 0.4) is 0 Å². The number of hydrogen-bond donors (Lipinski definition) is 2. The smallest absolute Gasteiger partial charge is 0.250 e. The van der Waals surface area contributed by atoms with Gasteiger partial charge in [0, 0.05) is 3.57 Å². The summed E-state index contributed by atoms with van der Waals surface area (Å²) in [6.07, 6.45) is 0. The first-order chi connectivity index (χ1) is 5.66. The number of hydrogen-bond acceptors (Lipinski definition) is 2. The highest BCUT2D eigenvalue weighted by Gasteiger charge is 2.10. The highest BCUT2D eigenvalue weighted by Crippen LogP contribution is 2.16. The van der Waals surface area contributed by atoms with Crippen LogP contribution in [0.5, 0.6) is 0 Å². The van der Waals surface area contributed by atoms with Gasteiger partial charge in [-0.15, -0.1) is 0 Å². The number of amides is 1. The van der Waals surface area contributed by atoms with Gasteiger partial charge in [0.15, 0.2) is 0 Å². The van der Waals surface area contributed by atoms with Crippen molar-refractivity contribution in [1.82, 2.24) is 0 Å². The van der Waals surface area contributed by atoms with E-state index in [1.165, 1.54) is 0 Å². The number of primary amides is 1. The third kappa shape index (κ3) is 1.75. The molecule has 0 saturated heterocycles. The molecule has 0 unspecified atom stereocenters. The van der Waals surface area contributed by atoms with E-state index in [1.807, 2.05) is 22.6 Å². The maximum absolute atomic E-state index is 10.9. The van der Waals surface area contributed by atoms with Crippen LogP contribution < -0.4 is 5.73 Å². The fraction of sp³-hybridized carbons (Fsp3) is 0.125. The van der Waals surface area contributed by atoms with Crippen molar-refractivity contribution in [1.29, 1.82) is 0 Å². The van der Waals surface area contributed by atoms with Crippen LogP contribution in [0.25, 0.3) is 0 Å². The summed E-state index contributed by atoms with van der Waals surface area (Å²) in [5.74, 6) is -0.496. The second kappa shape index (κ2) is 3.86. The Hall–Kier alpha value is -0.620. The molecule has 4 heteroatoms. The normalized spacial score (nSPS) is 9.83. The molecule has 0 fully saturated rings. The standard InChI is InChI=1S/C8H8INO2/c9-6-3-1-2-5(4-11)7(6)8(10)12/h1-3,11H,4H2,(H2,10,12). The number of carbonyl (C=O) groups is 1. The zero-order valence-corrected chi connectivity index (χ0v) is 8.41. The first kappa shape index (κ1) is 9.47. The summed E-state index contributed by atoms with van der Waals surface area (Å²) in [6, 6.07) is 5.24. The van der Waals surface area contributed by atoms with Crippen LogP contribution in [0.1, 0.15) is 15.9 Å². The Bertz CT molecular complexity index is 312. The summed E-state index contributed by atoms with van der Waals surface area (Å²) in [4.78, 5) is 10.9. The molecule has 0 aliphatic carbocycles. The van der Waals surface area contributed by atoms with Crippen molar-refractivity contribution < 1.29 is 9.90 Å². The van der Waals surface area contributed by atoms with Gasteiger partial charge >= 0.3 is 0 Å². The largest absolute Gasteiger partial charge is 0.392 e. The summed E-state index contributed by atoms with van der Waals surface area (Å²) in [7, 11) is 0.